The molecule has 6 N–H and O–H groups in total. The third-order valence-corrected chi connectivity index (χ3v) is 19.1. The van der Waals surface area contributed by atoms with Crippen LogP contribution in [-0.2, 0) is 59.2 Å². The second-order valence-corrected chi connectivity index (χ2v) is 26.9. The normalized spacial score (nSPS) is 17.5. The van der Waals surface area contributed by atoms with Crippen molar-refractivity contribution in [3.05, 3.63) is 77.9 Å². The van der Waals surface area contributed by atoms with Gasteiger partial charge < -0.3 is 51.2 Å². The standard InChI is InChI=1S/C71H109N9O13/c1-16-46(8)66(59(92-15)41-63(86)79-38-24-28-56(79)47(9)48(10)67(87)74-50(12)49(11)52-25-19-17-20-26-52)77(13)69(89)55(43(2)3)40-58(82)65(45(6)7)78(14)71(91)93-42-51-30-32-54(33-31-51)75-68(88)53(27-23-36-73-70(72)90)39-57(81)64(44(4)5)76-60(83)29-21-18-22-37-80-61(84)34-35-62(80)85/h17,19-20,25-26,30-35,43-50,53,55-56,59,64-66H,16,18,21-24,27-29,36-42H2,1-15H3,(H,74,87)(H,75,88)(H,76,83)(H3,72,73,90)/t46-,47+,48+,49-,50-,53+,55-,56-,59+,64-,65-,66-/m0/s1. The van der Waals surface area contributed by atoms with E-state index in [1.807, 2.05) is 85.4 Å². The van der Waals surface area contributed by atoms with Gasteiger partial charge in [0.15, 0.2) is 11.6 Å². The molecule has 93 heavy (non-hydrogen) atoms. The van der Waals surface area contributed by atoms with E-state index in [1.54, 1.807) is 57.2 Å². The molecule has 4 rings (SSSR count). The summed E-state index contributed by atoms with van der Waals surface area (Å²) in [4.78, 5) is 153. The van der Waals surface area contributed by atoms with Gasteiger partial charge in [-0.25, -0.2) is 9.59 Å². The fourth-order valence-corrected chi connectivity index (χ4v) is 12.8. The van der Waals surface area contributed by atoms with Crippen LogP contribution < -0.4 is 27.0 Å². The van der Waals surface area contributed by atoms with Crippen molar-refractivity contribution < 1.29 is 62.2 Å². The van der Waals surface area contributed by atoms with E-state index in [1.165, 1.54) is 24.1 Å². The molecule has 2 heterocycles. The Hall–Kier alpha value is -7.49. The molecule has 0 aliphatic carbocycles. The minimum Gasteiger partial charge on any atom is -0.445 e. The Morgan fingerprint density at radius 1 is 0.720 bits per heavy atom. The van der Waals surface area contributed by atoms with Crippen LogP contribution in [0.5, 0.6) is 0 Å². The minimum absolute atomic E-state index is 0.0152. The highest BCUT2D eigenvalue weighted by molar-refractivity contribution is 6.12. The first kappa shape index (κ1) is 78.0. The number of nitrogens with one attached hydrogen (secondary N) is 4. The first-order valence-corrected chi connectivity index (χ1v) is 33.6. The van der Waals surface area contributed by atoms with E-state index < -0.39 is 54.1 Å². The summed E-state index contributed by atoms with van der Waals surface area (Å²) >= 11 is 0. The lowest BCUT2D eigenvalue weighted by atomic mass is 9.83. The third kappa shape index (κ3) is 23.2. The summed E-state index contributed by atoms with van der Waals surface area (Å²) < 4.78 is 11.9. The van der Waals surface area contributed by atoms with Gasteiger partial charge in [-0.2, -0.15) is 0 Å². The molecule has 10 amide bonds. The molecule has 2 aliphatic rings. The number of unbranched alkanes of at least 4 members (excludes halogenated alkanes) is 2. The maximum absolute atomic E-state index is 14.9. The van der Waals surface area contributed by atoms with Crippen molar-refractivity contribution in [2.24, 2.45) is 53.1 Å². The summed E-state index contributed by atoms with van der Waals surface area (Å²) in [6.45, 7) is 23.9. The number of likely N-dealkylation sites (N-methyl/N-ethyl adjacent to an activating group) is 2. The van der Waals surface area contributed by atoms with E-state index in [4.69, 9.17) is 15.2 Å². The monoisotopic (exact) mass is 1300 g/mol. The van der Waals surface area contributed by atoms with Crippen LogP contribution in [0.4, 0.5) is 15.3 Å². The van der Waals surface area contributed by atoms with Crippen molar-refractivity contribution >= 4 is 70.7 Å². The lowest BCUT2D eigenvalue weighted by Crippen LogP contribution is -2.54. The number of Topliss-reactive ketones (excluding diaryl/α,β-unsaturated/α-hetero) is 2. The maximum Gasteiger partial charge on any atom is 0.410 e. The largest absolute Gasteiger partial charge is 0.445 e. The van der Waals surface area contributed by atoms with Crippen molar-refractivity contribution in [3.8, 4) is 0 Å². The number of imide groups is 1. The lowest BCUT2D eigenvalue weighted by molar-refractivity contribution is -0.148. The topological polar surface area (TPSA) is 293 Å². The number of carbonyl (C=O) groups is 11. The molecule has 1 saturated heterocycles. The van der Waals surface area contributed by atoms with Crippen LogP contribution in [0.15, 0.2) is 66.7 Å². The quantitative estimate of drug-likeness (QED) is 0.0309. The predicted molar refractivity (Wildman–Crippen MR) is 358 cm³/mol. The first-order chi connectivity index (χ1) is 43.9. The molecule has 0 bridgehead atoms. The fraction of sp³-hybridized carbons (Fsp3) is 0.648. The zero-order valence-corrected chi connectivity index (χ0v) is 58.0. The molecule has 22 heteroatoms. The molecule has 22 nitrogen and oxygen atoms in total. The van der Waals surface area contributed by atoms with Crippen molar-refractivity contribution in [2.75, 3.05) is 46.2 Å². The molecule has 516 valence electrons. The summed E-state index contributed by atoms with van der Waals surface area (Å²) in [7, 11) is 4.76. The second-order valence-electron chi connectivity index (χ2n) is 26.9. The Bertz CT molecular complexity index is 2850. The number of carbonyl (C=O) groups excluding carboxylic acids is 11. The molecule has 0 radical (unpaired) electrons. The molecule has 12 atom stereocenters. The van der Waals surface area contributed by atoms with Crippen molar-refractivity contribution in [3.63, 3.8) is 0 Å². The average molecular weight is 1300 g/mol. The molecule has 0 spiro atoms. The number of amides is 10. The van der Waals surface area contributed by atoms with Gasteiger partial charge in [0.05, 0.1) is 30.7 Å². The number of primary amides is 1. The molecule has 0 aromatic heterocycles. The molecular weight excluding hydrogens is 1190 g/mol. The first-order valence-electron chi connectivity index (χ1n) is 33.6. The molecule has 0 saturated carbocycles. The highest BCUT2D eigenvalue weighted by Crippen LogP contribution is 2.33. The van der Waals surface area contributed by atoms with Gasteiger partial charge >= 0.3 is 12.1 Å². The summed E-state index contributed by atoms with van der Waals surface area (Å²) in [5.41, 5.74) is 7.37. The number of ether oxygens (including phenoxy) is 2. The van der Waals surface area contributed by atoms with Crippen LogP contribution in [0.1, 0.15) is 177 Å². The van der Waals surface area contributed by atoms with Crippen molar-refractivity contribution in [2.45, 2.75) is 209 Å². The van der Waals surface area contributed by atoms with E-state index in [2.05, 4.69) is 40.3 Å². The van der Waals surface area contributed by atoms with E-state index in [-0.39, 0.29) is 152 Å². The van der Waals surface area contributed by atoms with E-state index in [0.717, 1.165) is 23.3 Å². The zero-order valence-electron chi connectivity index (χ0n) is 58.0. The van der Waals surface area contributed by atoms with Crippen LogP contribution >= 0.6 is 0 Å². The number of urea groups is 1. The van der Waals surface area contributed by atoms with Gasteiger partial charge in [0.2, 0.25) is 29.5 Å². The van der Waals surface area contributed by atoms with Gasteiger partial charge in [-0.15, -0.1) is 0 Å². The van der Waals surface area contributed by atoms with Gasteiger partial charge in [-0.1, -0.05) is 131 Å². The van der Waals surface area contributed by atoms with E-state index >= 15 is 0 Å². The van der Waals surface area contributed by atoms with E-state index in [0.29, 0.717) is 49.9 Å². The Balaban J connectivity index is 1.36. The zero-order chi connectivity index (χ0) is 69.4. The fourth-order valence-electron chi connectivity index (χ4n) is 12.8. The summed E-state index contributed by atoms with van der Waals surface area (Å²) in [5.74, 6) is -5.67. The number of likely N-dealkylation sites (tertiary alicyclic amines) is 1. The molecular formula is C71H109N9O13. The molecule has 0 unspecified atom stereocenters. The summed E-state index contributed by atoms with van der Waals surface area (Å²) in [5, 5.41) is 11.4. The van der Waals surface area contributed by atoms with Crippen LogP contribution in [0.2, 0.25) is 0 Å². The Morgan fingerprint density at radius 3 is 1.95 bits per heavy atom. The number of nitrogens with zero attached hydrogens (tertiary/aromatic N) is 4. The lowest BCUT2D eigenvalue weighted by Gasteiger charge is -2.41. The number of hydrogen-bond donors (Lipinski definition) is 5. The highest BCUT2D eigenvalue weighted by atomic mass is 16.6. The third-order valence-electron chi connectivity index (χ3n) is 19.1. The number of benzene rings is 2. The number of methoxy groups -OCH3 is 1. The second kappa shape index (κ2) is 38.0. The number of rotatable bonds is 39. The summed E-state index contributed by atoms with van der Waals surface area (Å²) in [6.07, 6.45) is 5.13. The van der Waals surface area contributed by atoms with Crippen molar-refractivity contribution in [1.82, 2.24) is 35.6 Å². The number of nitrogens with two attached hydrogens (primary N) is 1. The Labute approximate surface area is 552 Å². The van der Waals surface area contributed by atoms with Gasteiger partial charge in [0.25, 0.3) is 11.8 Å². The van der Waals surface area contributed by atoms with E-state index in [9.17, 15) is 52.7 Å². The number of ketones is 2. The molecule has 2 aromatic rings. The maximum atomic E-state index is 14.9. The highest BCUT2D eigenvalue weighted by Gasteiger charge is 2.43. The smallest absolute Gasteiger partial charge is 0.410 e. The number of hydrogen-bond acceptors (Lipinski definition) is 13. The molecule has 2 aliphatic heterocycles. The van der Waals surface area contributed by atoms with Crippen molar-refractivity contribution in [1.29, 1.82) is 0 Å². The van der Waals surface area contributed by atoms with Gasteiger partial charge in [-0.05, 0) is 98.3 Å². The predicted octanol–water partition coefficient (Wildman–Crippen LogP) is 8.95. The summed E-state index contributed by atoms with van der Waals surface area (Å²) in [6, 6.07) is 13.3. The SMILES string of the molecule is CC[C@H](C)[C@@H]([C@@H](CC(=O)N1CCC[C@H]1[C@H](C)[C@@H](C)C(=O)N[C@@H](C)[C@H](C)c1ccccc1)OC)N(C)C(=O)[C@@H](CC(=O)[C@H](C(C)C)N(C)C(=O)OCc1ccc(NC(=O)[C@H](CCCNC(N)=O)CC(=O)[C@@H](NC(=O)CCCCCN2C(=O)C=CC2=O)C(C)C)cc1)C(C)C. The molecule has 2 aromatic carbocycles. The Kier molecular flexibility index (Phi) is 31.9. The van der Waals surface area contributed by atoms with Crippen LogP contribution in [0.3, 0.4) is 0 Å². The number of anilines is 1. The van der Waals surface area contributed by atoms with Crippen LogP contribution in [0, 0.1) is 47.3 Å². The van der Waals surface area contributed by atoms with Gasteiger partial charge in [0, 0.05) is 114 Å². The van der Waals surface area contributed by atoms with Crippen LogP contribution in [-0.4, -0.2) is 162 Å². The van der Waals surface area contributed by atoms with Crippen LogP contribution in [0.25, 0.3) is 0 Å². The molecule has 1 fully saturated rings. The van der Waals surface area contributed by atoms with Gasteiger partial charge in [0.1, 0.15) is 6.61 Å². The minimum atomic E-state index is -0.948. The average Bonchev–Trinajstić information content (AvgIpc) is 1.79. The van der Waals surface area contributed by atoms with Gasteiger partial charge in [-0.3, -0.25) is 48.1 Å². The Morgan fingerprint density at radius 2 is 1.37 bits per heavy atom.